The Kier molecular flexibility index (Phi) is 3.92. The smallest absolute Gasteiger partial charge is 0.106 e. The van der Waals surface area contributed by atoms with Gasteiger partial charge in [-0.2, -0.15) is 0 Å². The third-order valence-corrected chi connectivity index (χ3v) is 5.04. The van der Waals surface area contributed by atoms with Crippen molar-refractivity contribution in [1.29, 1.82) is 0 Å². The first-order valence-electron chi connectivity index (χ1n) is 8.08. The Morgan fingerprint density at radius 3 is 2.84 bits per heavy atom. The fourth-order valence-electron chi connectivity index (χ4n) is 4.15. The highest BCUT2D eigenvalue weighted by Gasteiger charge is 2.28. The van der Waals surface area contributed by atoms with Gasteiger partial charge in [-0.15, -0.1) is 0 Å². The molecular formula is C16H27N3. The average molecular weight is 261 g/mol. The number of hydrogen-bond donors (Lipinski definition) is 1. The van der Waals surface area contributed by atoms with Gasteiger partial charge in [0.25, 0.3) is 0 Å². The molecule has 0 aromatic carbocycles. The largest absolute Gasteiger partial charge is 0.329 e. The molecule has 3 rings (SSSR count). The molecule has 0 radical (unpaired) electrons. The summed E-state index contributed by atoms with van der Waals surface area (Å²) in [5.41, 5.74) is 2.83. The van der Waals surface area contributed by atoms with E-state index in [4.69, 9.17) is 4.98 Å². The zero-order valence-electron chi connectivity index (χ0n) is 12.4. The van der Waals surface area contributed by atoms with E-state index in [1.165, 1.54) is 55.7 Å². The second-order valence-corrected chi connectivity index (χ2v) is 6.22. The monoisotopic (exact) mass is 261 g/mol. The van der Waals surface area contributed by atoms with E-state index in [1.807, 2.05) is 0 Å². The van der Waals surface area contributed by atoms with Crippen LogP contribution in [0.15, 0.2) is 0 Å². The summed E-state index contributed by atoms with van der Waals surface area (Å²) in [5.74, 6) is 2.12. The Hall–Kier alpha value is -0.830. The molecule has 1 saturated carbocycles. The van der Waals surface area contributed by atoms with Crippen LogP contribution < -0.4 is 5.32 Å². The van der Waals surface area contributed by atoms with Gasteiger partial charge in [-0.1, -0.05) is 26.2 Å². The predicted octanol–water partition coefficient (Wildman–Crippen LogP) is 3.37. The number of nitrogens with zero attached hydrogens (tertiary/aromatic N) is 2. The van der Waals surface area contributed by atoms with Crippen LogP contribution in [0.3, 0.4) is 0 Å². The van der Waals surface area contributed by atoms with Gasteiger partial charge in [-0.25, -0.2) is 4.98 Å². The van der Waals surface area contributed by atoms with Gasteiger partial charge in [-0.05, 0) is 32.1 Å². The summed E-state index contributed by atoms with van der Waals surface area (Å²) in [7, 11) is 0. The highest BCUT2D eigenvalue weighted by molar-refractivity contribution is 5.21. The first-order chi connectivity index (χ1) is 9.31. The average Bonchev–Trinajstić information content (AvgIpc) is 2.78. The molecule has 106 valence electrons. The maximum absolute atomic E-state index is 4.82. The summed E-state index contributed by atoms with van der Waals surface area (Å²) in [6, 6.07) is 0.689. The first-order valence-corrected chi connectivity index (χ1v) is 8.08. The zero-order valence-corrected chi connectivity index (χ0v) is 12.4. The van der Waals surface area contributed by atoms with Crippen LogP contribution in [0.1, 0.15) is 68.7 Å². The van der Waals surface area contributed by atoms with Crippen molar-refractivity contribution in [2.45, 2.75) is 71.4 Å². The van der Waals surface area contributed by atoms with Crippen molar-refractivity contribution in [3.8, 4) is 0 Å². The van der Waals surface area contributed by atoms with E-state index in [2.05, 4.69) is 23.7 Å². The van der Waals surface area contributed by atoms with Crippen LogP contribution in [0.2, 0.25) is 0 Å². The molecule has 0 bridgehead atoms. The number of fused-ring (bicyclic) bond motifs is 1. The molecule has 2 heterocycles. The summed E-state index contributed by atoms with van der Waals surface area (Å²) in [6.07, 6.45) is 9.54. The number of nitrogens with one attached hydrogen (secondary N) is 1. The standard InChI is InChI=1S/C16H27N3/c1-3-15(13-7-5-4-6-8-13)19-12(2)18-14-11-17-10-9-16(14)19/h13,15,17H,3-11H2,1-2H3. The van der Waals surface area contributed by atoms with E-state index in [1.54, 1.807) is 0 Å². The lowest BCUT2D eigenvalue weighted by Gasteiger charge is -2.33. The van der Waals surface area contributed by atoms with Crippen LogP contribution in [-0.4, -0.2) is 16.1 Å². The molecule has 0 amide bonds. The second kappa shape index (κ2) is 5.66. The molecule has 1 aromatic rings. The summed E-state index contributed by atoms with van der Waals surface area (Å²) in [5, 5.41) is 3.44. The van der Waals surface area contributed by atoms with Crippen molar-refractivity contribution in [2.75, 3.05) is 6.54 Å². The first kappa shape index (κ1) is 13.2. The Balaban J connectivity index is 1.92. The Labute approximate surface area is 116 Å². The Morgan fingerprint density at radius 2 is 2.11 bits per heavy atom. The van der Waals surface area contributed by atoms with E-state index in [-0.39, 0.29) is 0 Å². The molecule has 19 heavy (non-hydrogen) atoms. The lowest BCUT2D eigenvalue weighted by Crippen LogP contribution is -2.28. The van der Waals surface area contributed by atoms with E-state index in [9.17, 15) is 0 Å². The fraction of sp³-hybridized carbons (Fsp3) is 0.812. The van der Waals surface area contributed by atoms with E-state index >= 15 is 0 Å². The van der Waals surface area contributed by atoms with Crippen LogP contribution in [0.25, 0.3) is 0 Å². The number of aromatic nitrogens is 2. The van der Waals surface area contributed by atoms with Crippen molar-refractivity contribution in [1.82, 2.24) is 14.9 Å². The summed E-state index contributed by atoms with van der Waals surface area (Å²) in [4.78, 5) is 4.82. The number of imidazole rings is 1. The molecule has 3 nitrogen and oxygen atoms in total. The van der Waals surface area contributed by atoms with Crippen molar-refractivity contribution in [2.24, 2.45) is 5.92 Å². The van der Waals surface area contributed by atoms with E-state index in [0.717, 1.165) is 25.4 Å². The minimum Gasteiger partial charge on any atom is -0.329 e. The van der Waals surface area contributed by atoms with Crippen LogP contribution in [0.5, 0.6) is 0 Å². The van der Waals surface area contributed by atoms with Crippen LogP contribution in [0, 0.1) is 12.8 Å². The zero-order chi connectivity index (χ0) is 13.2. The topological polar surface area (TPSA) is 29.9 Å². The summed E-state index contributed by atoms with van der Waals surface area (Å²) in [6.45, 7) is 6.62. The molecule has 0 saturated heterocycles. The molecule has 1 aliphatic carbocycles. The van der Waals surface area contributed by atoms with E-state index in [0.29, 0.717) is 6.04 Å². The minimum absolute atomic E-state index is 0.689. The van der Waals surface area contributed by atoms with Crippen LogP contribution >= 0.6 is 0 Å². The second-order valence-electron chi connectivity index (χ2n) is 6.22. The third-order valence-electron chi connectivity index (χ3n) is 5.04. The van der Waals surface area contributed by atoms with Gasteiger partial charge in [0.2, 0.25) is 0 Å². The van der Waals surface area contributed by atoms with Gasteiger partial charge >= 0.3 is 0 Å². The molecule has 0 spiro atoms. The molecule has 1 N–H and O–H groups in total. The lowest BCUT2D eigenvalue weighted by atomic mass is 9.82. The minimum atomic E-state index is 0.689. The van der Waals surface area contributed by atoms with Crippen LogP contribution in [-0.2, 0) is 13.0 Å². The van der Waals surface area contributed by atoms with Gasteiger partial charge in [0, 0.05) is 31.2 Å². The number of aryl methyl sites for hydroxylation is 1. The van der Waals surface area contributed by atoms with Crippen molar-refractivity contribution >= 4 is 0 Å². The quantitative estimate of drug-likeness (QED) is 0.904. The lowest BCUT2D eigenvalue weighted by molar-refractivity contribution is 0.236. The van der Waals surface area contributed by atoms with Gasteiger partial charge in [0.15, 0.2) is 0 Å². The maximum atomic E-state index is 4.82. The van der Waals surface area contributed by atoms with Gasteiger partial charge in [0.05, 0.1) is 5.69 Å². The number of rotatable bonds is 3. The molecule has 1 aliphatic heterocycles. The van der Waals surface area contributed by atoms with Crippen molar-refractivity contribution in [3.63, 3.8) is 0 Å². The van der Waals surface area contributed by atoms with Crippen molar-refractivity contribution in [3.05, 3.63) is 17.2 Å². The maximum Gasteiger partial charge on any atom is 0.106 e. The fourth-order valence-corrected chi connectivity index (χ4v) is 4.15. The molecule has 1 aromatic heterocycles. The van der Waals surface area contributed by atoms with Gasteiger partial charge in [-0.3, -0.25) is 0 Å². The van der Waals surface area contributed by atoms with Gasteiger partial charge in [0.1, 0.15) is 5.82 Å². The number of hydrogen-bond acceptors (Lipinski definition) is 2. The molecule has 1 fully saturated rings. The summed E-state index contributed by atoms with van der Waals surface area (Å²) < 4.78 is 2.60. The van der Waals surface area contributed by atoms with Crippen LogP contribution in [0.4, 0.5) is 0 Å². The SMILES string of the molecule is CCC(C1CCCCC1)n1c(C)nc2c1CCNC2. The molecule has 2 aliphatic rings. The highest BCUT2D eigenvalue weighted by Crippen LogP contribution is 2.37. The van der Waals surface area contributed by atoms with E-state index < -0.39 is 0 Å². The summed E-state index contributed by atoms with van der Waals surface area (Å²) >= 11 is 0. The predicted molar refractivity (Wildman–Crippen MR) is 78.3 cm³/mol. The molecular weight excluding hydrogens is 234 g/mol. The highest BCUT2D eigenvalue weighted by atomic mass is 15.1. The normalized spacial score (nSPS) is 22.2. The molecule has 1 atom stereocenters. The molecule has 1 unspecified atom stereocenters. The Morgan fingerprint density at radius 1 is 1.32 bits per heavy atom. The molecule has 3 heteroatoms. The Bertz CT molecular complexity index is 429. The van der Waals surface area contributed by atoms with Crippen molar-refractivity contribution < 1.29 is 0 Å². The third kappa shape index (κ3) is 2.45. The van der Waals surface area contributed by atoms with Gasteiger partial charge < -0.3 is 9.88 Å².